The molecule has 0 spiro atoms. The number of amides is 1. The predicted octanol–water partition coefficient (Wildman–Crippen LogP) is 5.99. The maximum atomic E-state index is 14.8. The van der Waals surface area contributed by atoms with Crippen LogP contribution in [-0.2, 0) is 11.3 Å². The number of hydrogen-bond acceptors (Lipinski definition) is 5. The monoisotopic (exact) mass is 509 g/mol. The lowest BCUT2D eigenvalue weighted by Crippen LogP contribution is -2.27. The van der Waals surface area contributed by atoms with Gasteiger partial charge in [0.1, 0.15) is 29.9 Å². The number of rotatable bonds is 9. The molecule has 0 fully saturated rings. The van der Waals surface area contributed by atoms with Crippen LogP contribution in [0.15, 0.2) is 84.1 Å². The molecule has 1 atom stereocenters. The molecule has 4 rings (SSSR count). The van der Waals surface area contributed by atoms with Crippen LogP contribution in [0.3, 0.4) is 0 Å². The van der Waals surface area contributed by atoms with Crippen molar-refractivity contribution in [1.82, 2.24) is 15.3 Å². The van der Waals surface area contributed by atoms with E-state index in [9.17, 15) is 18.0 Å². The summed E-state index contributed by atoms with van der Waals surface area (Å²) in [6.07, 6.45) is 4.81. The number of aryl methyl sites for hydroxylation is 1. The maximum absolute atomic E-state index is 14.8. The van der Waals surface area contributed by atoms with Crippen LogP contribution in [0, 0.1) is 24.4 Å². The first kappa shape index (κ1) is 25.4. The van der Waals surface area contributed by atoms with Crippen LogP contribution in [0.1, 0.15) is 38.0 Å². The molecule has 2 aromatic heterocycles. The zero-order valence-corrected chi connectivity index (χ0v) is 20.1. The summed E-state index contributed by atoms with van der Waals surface area (Å²) >= 11 is 1.23. The second kappa shape index (κ2) is 11.8. The Morgan fingerprint density at radius 2 is 1.78 bits per heavy atom. The molecule has 0 saturated heterocycles. The number of nitrogens with zero attached hydrogens (tertiary/aromatic N) is 2. The van der Waals surface area contributed by atoms with Gasteiger partial charge in [0.2, 0.25) is 0 Å². The fourth-order valence-corrected chi connectivity index (χ4v) is 4.73. The second-order valence-electron chi connectivity index (χ2n) is 7.90. The third kappa shape index (κ3) is 6.50. The predicted molar refractivity (Wildman–Crippen MR) is 131 cm³/mol. The van der Waals surface area contributed by atoms with E-state index in [2.05, 4.69) is 15.3 Å². The Labute approximate surface area is 210 Å². The molecule has 36 heavy (non-hydrogen) atoms. The van der Waals surface area contributed by atoms with Gasteiger partial charge in [0.05, 0.1) is 11.9 Å². The van der Waals surface area contributed by atoms with Gasteiger partial charge < -0.3 is 10.1 Å². The minimum absolute atomic E-state index is 0.0201. The lowest BCUT2D eigenvalue weighted by molar-refractivity contribution is 0.0746. The minimum Gasteiger partial charge on any atom is -0.357 e. The highest BCUT2D eigenvalue weighted by Gasteiger charge is 2.23. The number of ether oxygens (including phenoxy) is 1. The Bertz CT molecular complexity index is 1340. The summed E-state index contributed by atoms with van der Waals surface area (Å²) in [5.74, 6) is -1.99. The summed E-state index contributed by atoms with van der Waals surface area (Å²) in [5, 5.41) is 1.96. The van der Waals surface area contributed by atoms with E-state index >= 15 is 0 Å². The highest BCUT2D eigenvalue weighted by atomic mass is 32.2. The van der Waals surface area contributed by atoms with E-state index in [4.69, 9.17) is 4.74 Å². The van der Waals surface area contributed by atoms with E-state index in [-0.39, 0.29) is 18.0 Å². The van der Waals surface area contributed by atoms with E-state index in [1.807, 2.05) is 6.07 Å². The number of aromatic nitrogens is 2. The molecule has 0 aliphatic carbocycles. The zero-order valence-electron chi connectivity index (χ0n) is 19.3. The van der Waals surface area contributed by atoms with Gasteiger partial charge >= 0.3 is 0 Å². The number of carbonyl (C=O) groups excluding carboxylic acids is 1. The van der Waals surface area contributed by atoms with Crippen LogP contribution in [0.25, 0.3) is 0 Å². The van der Waals surface area contributed by atoms with Crippen molar-refractivity contribution in [3.05, 3.63) is 125 Å². The molecule has 0 saturated carbocycles. The van der Waals surface area contributed by atoms with Crippen molar-refractivity contribution in [2.75, 3.05) is 6.73 Å². The second-order valence-corrected chi connectivity index (χ2v) is 9.08. The van der Waals surface area contributed by atoms with Crippen molar-refractivity contribution < 1.29 is 22.7 Å². The van der Waals surface area contributed by atoms with Crippen molar-refractivity contribution in [2.24, 2.45) is 0 Å². The van der Waals surface area contributed by atoms with Gasteiger partial charge in [-0.2, -0.15) is 0 Å². The van der Waals surface area contributed by atoms with E-state index < -0.39 is 28.6 Å². The third-order valence-corrected chi connectivity index (χ3v) is 6.59. The molecule has 1 unspecified atom stereocenters. The topological polar surface area (TPSA) is 64.1 Å². The molecule has 0 radical (unpaired) electrons. The summed E-state index contributed by atoms with van der Waals surface area (Å²) in [6.45, 7) is 2.04. The van der Waals surface area contributed by atoms with Crippen molar-refractivity contribution >= 4 is 17.7 Å². The van der Waals surface area contributed by atoms with Gasteiger partial charge in [-0.05, 0) is 78.2 Å². The number of nitrogens with one attached hydrogen (secondary N) is 1. The van der Waals surface area contributed by atoms with Gasteiger partial charge in [0.15, 0.2) is 0 Å². The van der Waals surface area contributed by atoms with Crippen molar-refractivity contribution in [3.63, 3.8) is 0 Å². The maximum Gasteiger partial charge on any atom is 0.271 e. The van der Waals surface area contributed by atoms with E-state index in [0.29, 0.717) is 22.6 Å². The lowest BCUT2D eigenvalue weighted by atomic mass is 10.0. The fraction of sp³-hybridized carbons (Fsp3) is 0.148. The summed E-state index contributed by atoms with van der Waals surface area (Å²) < 4.78 is 47.6. The Kier molecular flexibility index (Phi) is 8.35. The lowest BCUT2D eigenvalue weighted by Gasteiger charge is -2.20. The molecule has 1 N–H and O–H groups in total. The van der Waals surface area contributed by atoms with Crippen LogP contribution in [0.4, 0.5) is 13.2 Å². The largest absolute Gasteiger partial charge is 0.357 e. The van der Waals surface area contributed by atoms with Gasteiger partial charge in [-0.25, -0.2) is 13.2 Å². The van der Waals surface area contributed by atoms with E-state index in [1.165, 1.54) is 30.1 Å². The number of thioether (sulfide) groups is 1. The Hall–Kier alpha value is -3.69. The molecular weight excluding hydrogens is 487 g/mol. The van der Waals surface area contributed by atoms with Gasteiger partial charge in [-0.1, -0.05) is 6.07 Å². The van der Waals surface area contributed by atoms with Crippen molar-refractivity contribution in [2.45, 2.75) is 23.7 Å². The summed E-state index contributed by atoms with van der Waals surface area (Å²) in [4.78, 5) is 21.5. The van der Waals surface area contributed by atoms with Gasteiger partial charge in [-0.15, -0.1) is 11.8 Å². The number of pyridine rings is 2. The Balaban J connectivity index is 1.52. The molecule has 0 bridgehead atoms. The van der Waals surface area contributed by atoms with Crippen LogP contribution < -0.4 is 5.32 Å². The van der Waals surface area contributed by atoms with Crippen LogP contribution >= 0.6 is 11.8 Å². The molecule has 1 amide bonds. The third-order valence-electron chi connectivity index (χ3n) is 5.30. The first-order chi connectivity index (χ1) is 17.4. The van der Waals surface area contributed by atoms with Crippen LogP contribution in [0.2, 0.25) is 0 Å². The first-order valence-corrected chi connectivity index (χ1v) is 11.9. The van der Waals surface area contributed by atoms with E-state index in [0.717, 1.165) is 23.8 Å². The quantitative estimate of drug-likeness (QED) is 0.171. The first-order valence-electron chi connectivity index (χ1n) is 11.0. The molecule has 0 aliphatic rings. The fourth-order valence-electron chi connectivity index (χ4n) is 3.48. The summed E-state index contributed by atoms with van der Waals surface area (Å²) in [5.41, 5.74) is 2.41. The van der Waals surface area contributed by atoms with Crippen molar-refractivity contribution in [1.29, 1.82) is 0 Å². The molecule has 2 aromatic carbocycles. The van der Waals surface area contributed by atoms with E-state index in [1.54, 1.807) is 43.6 Å². The smallest absolute Gasteiger partial charge is 0.271 e. The number of hydrogen-bond donors (Lipinski definition) is 1. The average Bonchev–Trinajstić information content (AvgIpc) is 2.88. The molecule has 184 valence electrons. The number of halogens is 3. The standard InChI is InChI=1S/C27H22F3N3O2S/c1-17-11-25(27(34)33-16-35-15-18-3-2-10-31-13-18)32-14-23(17)26(22-12-20(29)6-9-24(22)30)36-21-7-4-19(28)5-8-21/h2-14,26H,15-16H2,1H3,(H,33,34). The Morgan fingerprint density at radius 1 is 1.00 bits per heavy atom. The highest BCUT2D eigenvalue weighted by molar-refractivity contribution is 7.99. The number of benzene rings is 2. The molecule has 9 heteroatoms. The normalized spacial score (nSPS) is 11.8. The summed E-state index contributed by atoms with van der Waals surface area (Å²) in [6, 6.07) is 14.2. The molecule has 0 aliphatic heterocycles. The average molecular weight is 510 g/mol. The van der Waals surface area contributed by atoms with Crippen molar-refractivity contribution in [3.8, 4) is 0 Å². The van der Waals surface area contributed by atoms with Gasteiger partial charge in [0.25, 0.3) is 5.91 Å². The Morgan fingerprint density at radius 3 is 2.50 bits per heavy atom. The minimum atomic E-state index is -0.682. The molecular formula is C27H22F3N3O2S. The van der Waals surface area contributed by atoms with Gasteiger partial charge in [0, 0.05) is 29.0 Å². The SMILES string of the molecule is Cc1cc(C(=O)NCOCc2cccnc2)ncc1C(Sc1ccc(F)cc1)c1cc(F)ccc1F. The summed E-state index contributed by atoms with van der Waals surface area (Å²) in [7, 11) is 0. The van der Waals surface area contributed by atoms with Crippen LogP contribution in [-0.4, -0.2) is 22.6 Å². The molecule has 2 heterocycles. The molecule has 5 nitrogen and oxygen atoms in total. The van der Waals surface area contributed by atoms with Crippen LogP contribution in [0.5, 0.6) is 0 Å². The zero-order chi connectivity index (χ0) is 25.5. The van der Waals surface area contributed by atoms with Gasteiger partial charge in [-0.3, -0.25) is 14.8 Å². The number of carbonyl (C=O) groups is 1. The highest BCUT2D eigenvalue weighted by Crippen LogP contribution is 2.42. The molecule has 4 aromatic rings.